The van der Waals surface area contributed by atoms with Crippen LogP contribution in [0.15, 0.2) is 41.8 Å². The minimum absolute atomic E-state index is 0.113. The number of likely N-dealkylation sites (tertiary alicyclic amines) is 1. The maximum atomic E-state index is 12.9. The van der Waals surface area contributed by atoms with E-state index in [-0.39, 0.29) is 18.1 Å². The highest BCUT2D eigenvalue weighted by atomic mass is 32.1. The molecule has 132 valence electrons. The third kappa shape index (κ3) is 3.72. The number of rotatable bonds is 5. The molecule has 2 atom stereocenters. The monoisotopic (exact) mass is 357 g/mol. The fourth-order valence-electron chi connectivity index (χ4n) is 3.61. The average Bonchev–Trinajstić information content (AvgIpc) is 3.41. The number of nitrogens with zero attached hydrogens (tertiary/aromatic N) is 1. The van der Waals surface area contributed by atoms with Crippen molar-refractivity contribution in [1.82, 2.24) is 4.90 Å². The van der Waals surface area contributed by atoms with Gasteiger partial charge in [-0.15, -0.1) is 11.3 Å². The molecule has 3 heterocycles. The summed E-state index contributed by atoms with van der Waals surface area (Å²) in [6, 6.07) is 11.9. The van der Waals surface area contributed by atoms with Gasteiger partial charge in [-0.05, 0) is 61.4 Å². The third-order valence-corrected chi connectivity index (χ3v) is 5.92. The molecule has 4 rings (SSSR count). The summed E-state index contributed by atoms with van der Waals surface area (Å²) in [6.07, 6.45) is 4.50. The largest absolute Gasteiger partial charge is 0.491 e. The molecule has 2 aliphatic heterocycles. The Morgan fingerprint density at radius 3 is 2.80 bits per heavy atom. The van der Waals surface area contributed by atoms with Gasteiger partial charge in [0.2, 0.25) is 0 Å². The predicted molar refractivity (Wildman–Crippen MR) is 98.2 cm³/mol. The Labute approximate surface area is 152 Å². The number of benzene rings is 1. The van der Waals surface area contributed by atoms with Crippen LogP contribution in [0.1, 0.15) is 47.0 Å². The summed E-state index contributed by atoms with van der Waals surface area (Å²) in [4.78, 5) is 16.2. The molecule has 1 aromatic heterocycles. The van der Waals surface area contributed by atoms with Crippen LogP contribution in [0.4, 0.5) is 0 Å². The summed E-state index contributed by atoms with van der Waals surface area (Å²) in [5.41, 5.74) is 0.730. The molecule has 2 saturated heterocycles. The van der Waals surface area contributed by atoms with Crippen molar-refractivity contribution in [2.24, 2.45) is 0 Å². The normalized spacial score (nSPS) is 23.1. The zero-order chi connectivity index (χ0) is 17.1. The van der Waals surface area contributed by atoms with Gasteiger partial charge >= 0.3 is 0 Å². The molecule has 0 unspecified atom stereocenters. The van der Waals surface area contributed by atoms with Gasteiger partial charge in [0.05, 0.1) is 12.1 Å². The SMILES string of the molecule is O=C(c1ccc(OC[C@H]2CCCO2)cc1)N1CCC[C@H]1c1cccs1. The molecular formula is C20H23NO3S. The fourth-order valence-corrected chi connectivity index (χ4v) is 4.48. The van der Waals surface area contributed by atoms with Crippen molar-refractivity contribution in [3.05, 3.63) is 52.2 Å². The number of carbonyl (C=O) groups excluding carboxylic acids is 1. The Hall–Kier alpha value is -1.85. The van der Waals surface area contributed by atoms with Crippen LogP contribution in [0.3, 0.4) is 0 Å². The molecule has 25 heavy (non-hydrogen) atoms. The molecule has 4 nitrogen and oxygen atoms in total. The summed E-state index contributed by atoms with van der Waals surface area (Å²) in [5, 5.41) is 2.08. The number of hydrogen-bond donors (Lipinski definition) is 0. The maximum Gasteiger partial charge on any atom is 0.254 e. The van der Waals surface area contributed by atoms with E-state index in [9.17, 15) is 4.79 Å². The van der Waals surface area contributed by atoms with Crippen LogP contribution in [-0.4, -0.2) is 36.7 Å². The fraction of sp³-hybridized carbons (Fsp3) is 0.450. The van der Waals surface area contributed by atoms with E-state index in [4.69, 9.17) is 9.47 Å². The summed E-state index contributed by atoms with van der Waals surface area (Å²) >= 11 is 1.73. The van der Waals surface area contributed by atoms with Crippen molar-refractivity contribution in [3.63, 3.8) is 0 Å². The highest BCUT2D eigenvalue weighted by Crippen LogP contribution is 2.35. The predicted octanol–water partition coefficient (Wildman–Crippen LogP) is 4.28. The second-order valence-electron chi connectivity index (χ2n) is 6.64. The minimum Gasteiger partial charge on any atom is -0.491 e. The molecule has 1 aromatic carbocycles. The molecule has 5 heteroatoms. The lowest BCUT2D eigenvalue weighted by Gasteiger charge is -2.24. The van der Waals surface area contributed by atoms with Crippen molar-refractivity contribution < 1.29 is 14.3 Å². The van der Waals surface area contributed by atoms with E-state index < -0.39 is 0 Å². The summed E-state index contributed by atoms with van der Waals surface area (Å²) in [6.45, 7) is 2.25. The lowest BCUT2D eigenvalue weighted by Crippen LogP contribution is -2.30. The maximum absolute atomic E-state index is 12.9. The van der Waals surface area contributed by atoms with Crippen molar-refractivity contribution in [1.29, 1.82) is 0 Å². The number of hydrogen-bond acceptors (Lipinski definition) is 4. The summed E-state index contributed by atoms with van der Waals surface area (Å²) < 4.78 is 11.3. The van der Waals surface area contributed by atoms with Crippen LogP contribution in [0.2, 0.25) is 0 Å². The molecule has 2 aliphatic rings. The zero-order valence-electron chi connectivity index (χ0n) is 14.2. The molecule has 1 amide bonds. The third-order valence-electron chi connectivity index (χ3n) is 4.95. The second-order valence-corrected chi connectivity index (χ2v) is 7.62. The van der Waals surface area contributed by atoms with Crippen LogP contribution < -0.4 is 4.74 Å². The molecule has 0 radical (unpaired) electrons. The molecule has 2 aromatic rings. The standard InChI is InChI=1S/C20H23NO3S/c22-20(21-11-1-5-18(21)19-6-3-13-25-19)15-7-9-16(10-8-15)24-14-17-4-2-12-23-17/h3,6-10,13,17-18H,1-2,4-5,11-12,14H2/t17-,18+/m1/s1. The first-order valence-corrected chi connectivity index (χ1v) is 9.88. The highest BCUT2D eigenvalue weighted by Gasteiger charge is 2.31. The Balaban J connectivity index is 1.39. The van der Waals surface area contributed by atoms with Gasteiger partial charge in [0.25, 0.3) is 5.91 Å². The van der Waals surface area contributed by atoms with E-state index >= 15 is 0 Å². The van der Waals surface area contributed by atoms with Crippen LogP contribution >= 0.6 is 11.3 Å². The van der Waals surface area contributed by atoms with Gasteiger partial charge < -0.3 is 14.4 Å². The highest BCUT2D eigenvalue weighted by molar-refractivity contribution is 7.10. The van der Waals surface area contributed by atoms with E-state index in [0.29, 0.717) is 6.61 Å². The smallest absolute Gasteiger partial charge is 0.254 e. The van der Waals surface area contributed by atoms with Gasteiger partial charge in [0.15, 0.2) is 0 Å². The number of ether oxygens (including phenoxy) is 2. The van der Waals surface area contributed by atoms with E-state index in [1.165, 1.54) is 4.88 Å². The second kappa shape index (κ2) is 7.58. The number of amides is 1. The van der Waals surface area contributed by atoms with Gasteiger partial charge in [-0.1, -0.05) is 6.07 Å². The van der Waals surface area contributed by atoms with Gasteiger partial charge in [-0.3, -0.25) is 4.79 Å². The molecule has 0 N–H and O–H groups in total. The van der Waals surface area contributed by atoms with E-state index in [0.717, 1.165) is 50.1 Å². The number of thiophene rings is 1. The molecule has 0 spiro atoms. The van der Waals surface area contributed by atoms with Crippen molar-refractivity contribution in [3.8, 4) is 5.75 Å². The molecule has 0 aliphatic carbocycles. The van der Waals surface area contributed by atoms with E-state index in [1.807, 2.05) is 29.2 Å². The number of carbonyl (C=O) groups is 1. The first-order valence-electron chi connectivity index (χ1n) is 9.00. The minimum atomic E-state index is 0.113. The lowest BCUT2D eigenvalue weighted by atomic mass is 10.1. The molecule has 2 fully saturated rings. The van der Waals surface area contributed by atoms with Crippen molar-refractivity contribution in [2.75, 3.05) is 19.8 Å². The average molecular weight is 357 g/mol. The Morgan fingerprint density at radius 1 is 1.20 bits per heavy atom. The quantitative estimate of drug-likeness (QED) is 0.801. The molecule has 0 saturated carbocycles. The molecular weight excluding hydrogens is 334 g/mol. The summed E-state index contributed by atoms with van der Waals surface area (Å²) in [7, 11) is 0. The van der Waals surface area contributed by atoms with Gasteiger partial charge in [-0.25, -0.2) is 0 Å². The van der Waals surface area contributed by atoms with Crippen LogP contribution in [0, 0.1) is 0 Å². The topological polar surface area (TPSA) is 38.8 Å². The first-order chi connectivity index (χ1) is 12.3. The van der Waals surface area contributed by atoms with Gasteiger partial charge in [0, 0.05) is 23.6 Å². The van der Waals surface area contributed by atoms with Gasteiger partial charge in [-0.2, -0.15) is 0 Å². The molecule has 0 bridgehead atoms. The van der Waals surface area contributed by atoms with Crippen LogP contribution in [0.5, 0.6) is 5.75 Å². The van der Waals surface area contributed by atoms with Gasteiger partial charge in [0.1, 0.15) is 12.4 Å². The summed E-state index contributed by atoms with van der Waals surface area (Å²) in [5.74, 6) is 0.907. The van der Waals surface area contributed by atoms with Crippen LogP contribution in [0.25, 0.3) is 0 Å². The van der Waals surface area contributed by atoms with Crippen LogP contribution in [-0.2, 0) is 4.74 Å². The Morgan fingerprint density at radius 2 is 2.08 bits per heavy atom. The van der Waals surface area contributed by atoms with E-state index in [2.05, 4.69) is 17.5 Å². The Bertz CT molecular complexity index is 692. The lowest BCUT2D eigenvalue weighted by molar-refractivity contribution is 0.0678. The zero-order valence-corrected chi connectivity index (χ0v) is 15.0. The van der Waals surface area contributed by atoms with Crippen molar-refractivity contribution in [2.45, 2.75) is 37.8 Å². The van der Waals surface area contributed by atoms with E-state index in [1.54, 1.807) is 11.3 Å². The Kier molecular flexibility index (Phi) is 5.04. The first kappa shape index (κ1) is 16.6. The van der Waals surface area contributed by atoms with Crippen molar-refractivity contribution >= 4 is 17.2 Å².